The largest absolute Gasteiger partial charge is 0.294 e. The molecular formula is C12H14O. The lowest BCUT2D eigenvalue weighted by Crippen LogP contribution is -1.97. The van der Waals surface area contributed by atoms with Crippen LogP contribution in [0.2, 0.25) is 0 Å². The monoisotopic (exact) mass is 174 g/mol. The second-order valence-electron chi connectivity index (χ2n) is 2.97. The number of aryl methyl sites for hydroxylation is 1. The van der Waals surface area contributed by atoms with E-state index in [1.54, 1.807) is 6.08 Å². The molecule has 0 radical (unpaired) electrons. The number of Topliss-reactive ketones (excluding diaryl/α,β-unsaturated/α-hetero) is 1. The van der Waals surface area contributed by atoms with Crippen LogP contribution >= 0.6 is 0 Å². The molecule has 0 fully saturated rings. The van der Waals surface area contributed by atoms with Crippen LogP contribution in [0.4, 0.5) is 0 Å². The summed E-state index contributed by atoms with van der Waals surface area (Å²) in [5.41, 5.74) is 1.99. The van der Waals surface area contributed by atoms with Gasteiger partial charge in [0, 0.05) is 12.0 Å². The summed E-state index contributed by atoms with van der Waals surface area (Å²) in [6, 6.07) is 7.76. The molecule has 0 amide bonds. The van der Waals surface area contributed by atoms with Crippen molar-refractivity contribution in [2.75, 3.05) is 0 Å². The molecular weight excluding hydrogens is 160 g/mol. The van der Waals surface area contributed by atoms with E-state index in [0.717, 1.165) is 12.0 Å². The molecule has 1 aromatic rings. The van der Waals surface area contributed by atoms with Crippen molar-refractivity contribution in [1.82, 2.24) is 0 Å². The van der Waals surface area contributed by atoms with Crippen molar-refractivity contribution in [2.24, 2.45) is 0 Å². The van der Waals surface area contributed by atoms with Crippen LogP contribution in [0.15, 0.2) is 36.9 Å². The summed E-state index contributed by atoms with van der Waals surface area (Å²) in [5.74, 6) is 0.144. The minimum atomic E-state index is 0.144. The second kappa shape index (κ2) is 4.61. The van der Waals surface area contributed by atoms with E-state index >= 15 is 0 Å². The molecule has 1 rings (SSSR count). The Morgan fingerprint density at radius 3 is 2.92 bits per heavy atom. The van der Waals surface area contributed by atoms with Gasteiger partial charge < -0.3 is 0 Å². The summed E-state index contributed by atoms with van der Waals surface area (Å²) in [5, 5.41) is 0. The zero-order valence-electron chi connectivity index (χ0n) is 7.92. The highest BCUT2D eigenvalue weighted by atomic mass is 16.1. The van der Waals surface area contributed by atoms with Gasteiger partial charge in [-0.1, -0.05) is 31.2 Å². The van der Waals surface area contributed by atoms with Crippen molar-refractivity contribution in [1.29, 1.82) is 0 Å². The van der Waals surface area contributed by atoms with Gasteiger partial charge in [-0.25, -0.2) is 0 Å². The van der Waals surface area contributed by atoms with Gasteiger partial charge in [-0.3, -0.25) is 4.79 Å². The zero-order chi connectivity index (χ0) is 9.68. The topological polar surface area (TPSA) is 17.1 Å². The van der Waals surface area contributed by atoms with E-state index in [0.29, 0.717) is 6.42 Å². The summed E-state index contributed by atoms with van der Waals surface area (Å²) < 4.78 is 0. The van der Waals surface area contributed by atoms with Crippen LogP contribution in [0, 0.1) is 0 Å². The van der Waals surface area contributed by atoms with Gasteiger partial charge in [0.15, 0.2) is 5.78 Å². The van der Waals surface area contributed by atoms with Gasteiger partial charge >= 0.3 is 0 Å². The molecule has 1 aromatic carbocycles. The molecule has 0 saturated carbocycles. The standard InChI is InChI=1S/C12H14O/c1-3-6-12(13)11-8-5-7-10(4-2)9-11/h3,5,7-9H,1,4,6H2,2H3. The van der Waals surface area contributed by atoms with Crippen molar-refractivity contribution in [2.45, 2.75) is 19.8 Å². The van der Waals surface area contributed by atoms with Gasteiger partial charge in [0.05, 0.1) is 0 Å². The van der Waals surface area contributed by atoms with E-state index in [2.05, 4.69) is 13.5 Å². The number of hydrogen-bond donors (Lipinski definition) is 0. The van der Waals surface area contributed by atoms with Gasteiger partial charge in [0.25, 0.3) is 0 Å². The highest BCUT2D eigenvalue weighted by molar-refractivity contribution is 5.97. The van der Waals surface area contributed by atoms with E-state index < -0.39 is 0 Å². The molecule has 0 aliphatic heterocycles. The van der Waals surface area contributed by atoms with Crippen LogP contribution < -0.4 is 0 Å². The van der Waals surface area contributed by atoms with Crippen LogP contribution in [0.25, 0.3) is 0 Å². The molecule has 0 unspecified atom stereocenters. The third-order valence-corrected chi connectivity index (χ3v) is 1.99. The summed E-state index contributed by atoms with van der Waals surface area (Å²) in [7, 11) is 0. The molecule has 0 aliphatic rings. The van der Waals surface area contributed by atoms with Crippen molar-refractivity contribution < 1.29 is 4.79 Å². The first-order chi connectivity index (χ1) is 6.27. The highest BCUT2D eigenvalue weighted by Gasteiger charge is 2.02. The summed E-state index contributed by atoms with van der Waals surface area (Å²) in [4.78, 5) is 11.4. The van der Waals surface area contributed by atoms with Crippen molar-refractivity contribution in [3.63, 3.8) is 0 Å². The Labute approximate surface area is 79.1 Å². The smallest absolute Gasteiger partial charge is 0.166 e. The quantitative estimate of drug-likeness (QED) is 0.506. The predicted molar refractivity (Wildman–Crippen MR) is 55.0 cm³/mol. The Kier molecular flexibility index (Phi) is 3.44. The van der Waals surface area contributed by atoms with Gasteiger partial charge in [0.1, 0.15) is 0 Å². The maximum atomic E-state index is 11.4. The maximum Gasteiger partial charge on any atom is 0.166 e. The molecule has 0 spiro atoms. The minimum Gasteiger partial charge on any atom is -0.294 e. The lowest BCUT2D eigenvalue weighted by molar-refractivity contribution is 0.0996. The molecule has 0 saturated heterocycles. The van der Waals surface area contributed by atoms with Crippen molar-refractivity contribution in [3.05, 3.63) is 48.0 Å². The molecule has 0 atom stereocenters. The van der Waals surface area contributed by atoms with E-state index in [1.165, 1.54) is 5.56 Å². The predicted octanol–water partition coefficient (Wildman–Crippen LogP) is 3.01. The number of carbonyl (C=O) groups excluding carboxylic acids is 1. The lowest BCUT2D eigenvalue weighted by atomic mass is 10.0. The number of hydrogen-bond acceptors (Lipinski definition) is 1. The second-order valence-corrected chi connectivity index (χ2v) is 2.97. The molecule has 0 bridgehead atoms. The fourth-order valence-electron chi connectivity index (χ4n) is 1.21. The van der Waals surface area contributed by atoms with E-state index in [4.69, 9.17) is 0 Å². The van der Waals surface area contributed by atoms with Gasteiger partial charge in [-0.05, 0) is 18.1 Å². The van der Waals surface area contributed by atoms with Crippen molar-refractivity contribution >= 4 is 5.78 Å². The SMILES string of the molecule is C=CCC(=O)c1cccc(CC)c1. The third-order valence-electron chi connectivity index (χ3n) is 1.99. The fraction of sp³-hybridized carbons (Fsp3) is 0.250. The number of ketones is 1. The molecule has 0 N–H and O–H groups in total. The molecule has 0 aromatic heterocycles. The first-order valence-electron chi connectivity index (χ1n) is 4.51. The summed E-state index contributed by atoms with van der Waals surface area (Å²) in [6.07, 6.45) is 3.03. The number of benzene rings is 1. The number of rotatable bonds is 4. The first-order valence-corrected chi connectivity index (χ1v) is 4.51. The Bertz CT molecular complexity index is 313. The molecule has 1 heteroatoms. The normalized spacial score (nSPS) is 9.62. The third kappa shape index (κ3) is 2.55. The Hall–Kier alpha value is -1.37. The van der Waals surface area contributed by atoms with Crippen LogP contribution in [0.1, 0.15) is 29.3 Å². The van der Waals surface area contributed by atoms with Crippen LogP contribution in [0.5, 0.6) is 0 Å². The Morgan fingerprint density at radius 2 is 2.31 bits per heavy atom. The Morgan fingerprint density at radius 1 is 1.54 bits per heavy atom. The summed E-state index contributed by atoms with van der Waals surface area (Å²) >= 11 is 0. The molecule has 1 nitrogen and oxygen atoms in total. The van der Waals surface area contributed by atoms with Crippen LogP contribution in [-0.2, 0) is 6.42 Å². The average Bonchev–Trinajstić information content (AvgIpc) is 2.18. The van der Waals surface area contributed by atoms with Crippen molar-refractivity contribution in [3.8, 4) is 0 Å². The van der Waals surface area contributed by atoms with Gasteiger partial charge in [-0.15, -0.1) is 6.58 Å². The molecule has 0 heterocycles. The fourth-order valence-corrected chi connectivity index (χ4v) is 1.21. The number of allylic oxidation sites excluding steroid dienone is 1. The van der Waals surface area contributed by atoms with E-state index in [1.807, 2.05) is 24.3 Å². The summed E-state index contributed by atoms with van der Waals surface area (Å²) in [6.45, 7) is 5.63. The first kappa shape index (κ1) is 9.72. The molecule has 0 aliphatic carbocycles. The van der Waals surface area contributed by atoms with Crippen LogP contribution in [-0.4, -0.2) is 5.78 Å². The Balaban J connectivity index is 2.87. The van der Waals surface area contributed by atoms with Crippen LogP contribution in [0.3, 0.4) is 0 Å². The lowest BCUT2D eigenvalue weighted by Gasteiger charge is -2.00. The molecule has 68 valence electrons. The van der Waals surface area contributed by atoms with E-state index in [-0.39, 0.29) is 5.78 Å². The molecule has 13 heavy (non-hydrogen) atoms. The van der Waals surface area contributed by atoms with E-state index in [9.17, 15) is 4.79 Å². The average molecular weight is 174 g/mol. The highest BCUT2D eigenvalue weighted by Crippen LogP contribution is 2.08. The van der Waals surface area contributed by atoms with Gasteiger partial charge in [0.2, 0.25) is 0 Å². The minimum absolute atomic E-state index is 0.144. The van der Waals surface area contributed by atoms with Gasteiger partial charge in [-0.2, -0.15) is 0 Å². The number of carbonyl (C=O) groups is 1. The maximum absolute atomic E-state index is 11.4. The zero-order valence-corrected chi connectivity index (χ0v) is 7.92.